The molecule has 2 heterocycles. The van der Waals surface area contributed by atoms with E-state index in [0.717, 1.165) is 43.4 Å². The molecule has 4 rings (SSSR count). The molecule has 2 aromatic rings. The Kier molecular flexibility index (Phi) is 10.7. The van der Waals surface area contributed by atoms with Crippen LogP contribution in [0.1, 0.15) is 76.0 Å². The van der Waals surface area contributed by atoms with Gasteiger partial charge in [-0.2, -0.15) is 0 Å². The zero-order valence-electron chi connectivity index (χ0n) is 24.0. The molecule has 1 aromatic heterocycles. The summed E-state index contributed by atoms with van der Waals surface area (Å²) < 4.78 is 15.5. The van der Waals surface area contributed by atoms with Crippen LogP contribution in [0.25, 0.3) is 0 Å². The number of nitrogens with one attached hydrogen (secondary N) is 2. The lowest BCUT2D eigenvalue weighted by molar-refractivity contribution is -0.144. The number of piperidine rings is 1. The highest BCUT2D eigenvalue weighted by Crippen LogP contribution is 2.47. The van der Waals surface area contributed by atoms with Crippen LogP contribution in [0.5, 0.6) is 0 Å². The molecule has 2 fully saturated rings. The highest BCUT2D eigenvalue weighted by Gasteiger charge is 2.47. The average Bonchev–Trinajstić information content (AvgIpc) is 3.38. The number of benzene rings is 1. The Balaban J connectivity index is 1.42. The van der Waals surface area contributed by atoms with Crippen molar-refractivity contribution >= 4 is 29.0 Å². The standard InChI is InChI=1S/C31H44FN5O2S/c1-3-7-28(38)31(24-8-5-4-6-9-24)15-18-37(19-16-31)29(39)27(20-23-10-12-25(32)13-11-23)35-30(40)33-17-14-26-21-36(2)22-34-26/h10-13,21-22,24,27H,3-9,14-20H2,1-2H3,(H2,33,35,40). The lowest BCUT2D eigenvalue weighted by Crippen LogP contribution is -2.56. The first-order chi connectivity index (χ1) is 19.3. The quantitative estimate of drug-likeness (QED) is 0.381. The largest absolute Gasteiger partial charge is 0.362 e. The number of rotatable bonds is 11. The number of carbonyl (C=O) groups excluding carboxylic acids is 2. The minimum atomic E-state index is -0.589. The zero-order valence-corrected chi connectivity index (χ0v) is 24.8. The van der Waals surface area contributed by atoms with Gasteiger partial charge < -0.3 is 20.1 Å². The van der Waals surface area contributed by atoms with E-state index < -0.39 is 6.04 Å². The fourth-order valence-corrected chi connectivity index (χ4v) is 6.80. The van der Waals surface area contributed by atoms with Gasteiger partial charge in [0, 0.05) is 57.6 Å². The maximum atomic E-state index is 13.9. The van der Waals surface area contributed by atoms with E-state index in [1.807, 2.05) is 22.7 Å². The molecule has 1 atom stereocenters. The number of hydrogen-bond donors (Lipinski definition) is 2. The van der Waals surface area contributed by atoms with Gasteiger partial charge in [-0.3, -0.25) is 9.59 Å². The number of likely N-dealkylation sites (tertiary alicyclic amines) is 1. The molecule has 1 saturated heterocycles. The third-order valence-electron chi connectivity index (χ3n) is 8.77. The van der Waals surface area contributed by atoms with Crippen LogP contribution >= 0.6 is 12.2 Å². The summed E-state index contributed by atoms with van der Waals surface area (Å²) in [6.07, 6.45) is 13.7. The van der Waals surface area contributed by atoms with Crippen LogP contribution < -0.4 is 10.6 Å². The number of nitrogens with zero attached hydrogens (tertiary/aromatic N) is 3. The number of aromatic nitrogens is 2. The normalized spacial score (nSPS) is 18.2. The first-order valence-corrected chi connectivity index (χ1v) is 15.3. The van der Waals surface area contributed by atoms with E-state index >= 15 is 0 Å². The third-order valence-corrected chi connectivity index (χ3v) is 9.03. The second kappa shape index (κ2) is 14.2. The maximum absolute atomic E-state index is 13.9. The van der Waals surface area contributed by atoms with E-state index in [2.05, 4.69) is 22.5 Å². The van der Waals surface area contributed by atoms with Gasteiger partial charge >= 0.3 is 0 Å². The minimum Gasteiger partial charge on any atom is -0.362 e. The Bertz CT molecular complexity index is 1140. The van der Waals surface area contributed by atoms with Gasteiger partial charge in [0.05, 0.1) is 12.0 Å². The van der Waals surface area contributed by atoms with Crippen LogP contribution in [0.3, 0.4) is 0 Å². The minimum absolute atomic E-state index is 0.0293. The number of thiocarbonyl (C=S) groups is 1. The molecule has 1 saturated carbocycles. The van der Waals surface area contributed by atoms with Crippen LogP contribution in [-0.2, 0) is 29.5 Å². The molecule has 0 bridgehead atoms. The Hall–Kier alpha value is -2.81. The zero-order chi connectivity index (χ0) is 28.5. The molecule has 1 aliphatic heterocycles. The summed E-state index contributed by atoms with van der Waals surface area (Å²) in [5.41, 5.74) is 1.52. The molecule has 1 aliphatic carbocycles. The van der Waals surface area contributed by atoms with E-state index in [1.54, 1.807) is 18.5 Å². The summed E-state index contributed by atoms with van der Waals surface area (Å²) in [7, 11) is 1.93. The average molecular weight is 570 g/mol. The van der Waals surface area contributed by atoms with Crippen LogP contribution in [0.2, 0.25) is 0 Å². The third kappa shape index (κ3) is 7.68. The predicted molar refractivity (Wildman–Crippen MR) is 159 cm³/mol. The molecular weight excluding hydrogens is 525 g/mol. The van der Waals surface area contributed by atoms with Crippen LogP contribution in [0.4, 0.5) is 4.39 Å². The van der Waals surface area contributed by atoms with Gasteiger partial charge in [0.15, 0.2) is 5.11 Å². The van der Waals surface area contributed by atoms with Crippen LogP contribution in [0.15, 0.2) is 36.8 Å². The second-order valence-corrected chi connectivity index (χ2v) is 12.0. The molecule has 0 radical (unpaired) electrons. The number of halogens is 1. The van der Waals surface area contributed by atoms with Crippen molar-refractivity contribution in [2.75, 3.05) is 19.6 Å². The van der Waals surface area contributed by atoms with Crippen molar-refractivity contribution in [3.05, 3.63) is 53.9 Å². The van der Waals surface area contributed by atoms with Gasteiger partial charge in [0.2, 0.25) is 5.91 Å². The Morgan fingerprint density at radius 2 is 1.85 bits per heavy atom. The van der Waals surface area contributed by atoms with Gasteiger partial charge in [0.1, 0.15) is 17.6 Å². The Morgan fingerprint density at radius 1 is 1.15 bits per heavy atom. The summed E-state index contributed by atoms with van der Waals surface area (Å²) in [6.45, 7) is 3.82. The molecule has 9 heteroatoms. The smallest absolute Gasteiger partial charge is 0.245 e. The Labute approximate surface area is 243 Å². The predicted octanol–water partition coefficient (Wildman–Crippen LogP) is 4.74. The number of imidazole rings is 1. The maximum Gasteiger partial charge on any atom is 0.245 e. The van der Waals surface area contributed by atoms with Crippen molar-refractivity contribution in [1.29, 1.82) is 0 Å². The summed E-state index contributed by atoms with van der Waals surface area (Å²) >= 11 is 5.57. The molecule has 2 aliphatic rings. The van der Waals surface area contributed by atoms with Crippen molar-refractivity contribution in [2.45, 2.75) is 83.6 Å². The van der Waals surface area contributed by atoms with E-state index in [9.17, 15) is 14.0 Å². The highest BCUT2D eigenvalue weighted by atomic mass is 32.1. The number of Topliss-reactive ketones (excluding diaryl/α,β-unsaturated/α-hetero) is 1. The molecule has 1 amide bonds. The molecule has 2 N–H and O–H groups in total. The molecule has 40 heavy (non-hydrogen) atoms. The lowest BCUT2D eigenvalue weighted by atomic mass is 9.61. The van der Waals surface area contributed by atoms with E-state index in [4.69, 9.17) is 12.2 Å². The lowest BCUT2D eigenvalue weighted by Gasteiger charge is -2.47. The van der Waals surface area contributed by atoms with Crippen molar-refractivity contribution < 1.29 is 14.0 Å². The van der Waals surface area contributed by atoms with Gasteiger partial charge in [-0.25, -0.2) is 9.37 Å². The monoisotopic (exact) mass is 569 g/mol. The van der Waals surface area contributed by atoms with Crippen molar-refractivity contribution in [2.24, 2.45) is 18.4 Å². The molecule has 1 aromatic carbocycles. The van der Waals surface area contributed by atoms with Crippen LogP contribution in [0, 0.1) is 17.2 Å². The molecule has 218 valence electrons. The number of hydrogen-bond acceptors (Lipinski definition) is 4. The first kappa shape index (κ1) is 30.2. The van der Waals surface area contributed by atoms with Gasteiger partial charge in [0.25, 0.3) is 0 Å². The summed E-state index contributed by atoms with van der Waals surface area (Å²) in [4.78, 5) is 33.6. The van der Waals surface area contributed by atoms with Crippen LogP contribution in [-0.4, -0.2) is 56.9 Å². The topological polar surface area (TPSA) is 79.3 Å². The van der Waals surface area contributed by atoms with E-state index in [-0.39, 0.29) is 17.1 Å². The number of ketones is 1. The number of aryl methyl sites for hydroxylation is 1. The van der Waals surface area contributed by atoms with Gasteiger partial charge in [-0.15, -0.1) is 0 Å². The van der Waals surface area contributed by atoms with E-state index in [1.165, 1.54) is 31.4 Å². The molecule has 7 nitrogen and oxygen atoms in total. The fourth-order valence-electron chi connectivity index (χ4n) is 6.56. The summed E-state index contributed by atoms with van der Waals surface area (Å²) in [5.74, 6) is 0.492. The van der Waals surface area contributed by atoms with Crippen molar-refractivity contribution in [3.63, 3.8) is 0 Å². The SMILES string of the molecule is CCCC(=O)C1(C2CCCCC2)CCN(C(=O)C(Cc2ccc(F)cc2)NC(=S)NCCc2cn(C)cn2)CC1. The fraction of sp³-hybridized carbons (Fsp3) is 0.613. The summed E-state index contributed by atoms with van der Waals surface area (Å²) in [6, 6.07) is 5.66. The van der Waals surface area contributed by atoms with Gasteiger partial charge in [-0.05, 0) is 67.9 Å². The number of amides is 1. The van der Waals surface area contributed by atoms with Gasteiger partial charge in [-0.1, -0.05) is 38.3 Å². The highest BCUT2D eigenvalue weighted by molar-refractivity contribution is 7.80. The van der Waals surface area contributed by atoms with E-state index in [0.29, 0.717) is 55.7 Å². The summed E-state index contributed by atoms with van der Waals surface area (Å²) in [5, 5.41) is 6.85. The second-order valence-electron chi connectivity index (χ2n) is 11.6. The molecule has 1 unspecified atom stereocenters. The van der Waals surface area contributed by atoms with Crippen molar-refractivity contribution in [3.8, 4) is 0 Å². The van der Waals surface area contributed by atoms with Crippen molar-refractivity contribution in [1.82, 2.24) is 25.1 Å². The molecular formula is C31H44FN5O2S. The first-order valence-electron chi connectivity index (χ1n) is 14.9. The molecule has 0 spiro atoms. The number of carbonyl (C=O) groups is 2. The Morgan fingerprint density at radius 3 is 2.48 bits per heavy atom.